The molecule has 0 amide bonds. The molecule has 0 fully saturated rings. The zero-order valence-electron chi connectivity index (χ0n) is 21.7. The van der Waals surface area contributed by atoms with Gasteiger partial charge in [0.2, 0.25) is 0 Å². The molecule has 4 nitrogen and oxygen atoms in total. The fraction of sp³-hybridized carbons (Fsp3) is 0.375. The number of benzene rings is 2. The van der Waals surface area contributed by atoms with Crippen molar-refractivity contribution >= 4 is 22.7 Å². The quantitative estimate of drug-likeness (QED) is 0.220. The van der Waals surface area contributed by atoms with E-state index in [-0.39, 0.29) is 0 Å². The largest absolute Gasteiger partial charge is 0.493 e. The zero-order valence-corrected chi connectivity index (χ0v) is 23.3. The van der Waals surface area contributed by atoms with Crippen molar-refractivity contribution in [1.29, 1.82) is 0 Å². The third-order valence-electron chi connectivity index (χ3n) is 7.16. The van der Waals surface area contributed by atoms with Crippen molar-refractivity contribution in [3.63, 3.8) is 0 Å². The van der Waals surface area contributed by atoms with Gasteiger partial charge in [0.1, 0.15) is 23.0 Å². The molecule has 6 heteroatoms. The van der Waals surface area contributed by atoms with Crippen LogP contribution in [0.5, 0.6) is 23.0 Å². The molecule has 38 heavy (non-hydrogen) atoms. The molecule has 0 saturated heterocycles. The first kappa shape index (κ1) is 25.3. The van der Waals surface area contributed by atoms with Crippen LogP contribution in [0.4, 0.5) is 0 Å². The van der Waals surface area contributed by atoms with Gasteiger partial charge in [0, 0.05) is 20.9 Å². The summed E-state index contributed by atoms with van der Waals surface area (Å²) in [4.78, 5) is 2.35. The lowest BCUT2D eigenvalue weighted by Crippen LogP contribution is -2.05. The highest BCUT2D eigenvalue weighted by molar-refractivity contribution is 7.15. The van der Waals surface area contributed by atoms with Crippen LogP contribution in [0.1, 0.15) is 51.4 Å². The van der Waals surface area contributed by atoms with Gasteiger partial charge in [-0.05, 0) is 98.5 Å². The Morgan fingerprint density at radius 2 is 0.763 bits per heavy atom. The minimum Gasteiger partial charge on any atom is -0.493 e. The number of hydrogen-bond donors (Lipinski definition) is 0. The molecule has 2 bridgehead atoms. The molecule has 4 aromatic rings. The molecular formula is C32H34O4S2. The van der Waals surface area contributed by atoms with Crippen molar-refractivity contribution in [3.05, 3.63) is 59.3 Å². The van der Waals surface area contributed by atoms with Gasteiger partial charge in [-0.1, -0.05) is 12.1 Å². The van der Waals surface area contributed by atoms with Gasteiger partial charge in [0.05, 0.1) is 37.6 Å². The summed E-state index contributed by atoms with van der Waals surface area (Å²) in [5, 5.41) is 4.35. The predicted molar refractivity (Wildman–Crippen MR) is 157 cm³/mol. The summed E-state index contributed by atoms with van der Waals surface area (Å²) in [5.41, 5.74) is 4.50. The summed E-state index contributed by atoms with van der Waals surface area (Å²) in [6.45, 7) is 2.80. The Morgan fingerprint density at radius 1 is 0.421 bits per heavy atom. The summed E-state index contributed by atoms with van der Waals surface area (Å²) in [7, 11) is 0. The smallest absolute Gasteiger partial charge is 0.131 e. The second-order valence-electron chi connectivity index (χ2n) is 9.81. The highest BCUT2D eigenvalue weighted by Crippen LogP contribution is 2.52. The van der Waals surface area contributed by atoms with Crippen LogP contribution >= 0.6 is 22.7 Å². The van der Waals surface area contributed by atoms with Crippen LogP contribution in [0.15, 0.2) is 59.3 Å². The highest BCUT2D eigenvalue weighted by Gasteiger charge is 2.24. The molecule has 2 aliphatic rings. The molecular weight excluding hydrogens is 512 g/mol. The molecule has 198 valence electrons. The molecule has 0 atom stereocenters. The molecule has 0 unspecified atom stereocenters. The molecule has 4 heterocycles. The molecule has 0 N–H and O–H groups in total. The second-order valence-corrected chi connectivity index (χ2v) is 11.6. The molecule has 2 aromatic carbocycles. The lowest BCUT2D eigenvalue weighted by Gasteiger charge is -2.19. The van der Waals surface area contributed by atoms with Gasteiger partial charge in [-0.25, -0.2) is 0 Å². The van der Waals surface area contributed by atoms with Gasteiger partial charge in [0.25, 0.3) is 0 Å². The molecule has 2 aliphatic heterocycles. The maximum absolute atomic E-state index is 6.43. The second kappa shape index (κ2) is 12.3. The van der Waals surface area contributed by atoms with Gasteiger partial charge in [-0.3, -0.25) is 0 Å². The van der Waals surface area contributed by atoms with E-state index < -0.39 is 0 Å². The van der Waals surface area contributed by atoms with E-state index in [2.05, 4.69) is 59.3 Å². The van der Waals surface area contributed by atoms with E-state index in [0.717, 1.165) is 85.5 Å². The third-order valence-corrected chi connectivity index (χ3v) is 9.02. The fourth-order valence-corrected chi connectivity index (χ4v) is 7.15. The van der Waals surface area contributed by atoms with E-state index in [1.807, 2.05) is 0 Å². The van der Waals surface area contributed by atoms with Crippen molar-refractivity contribution in [2.75, 3.05) is 26.4 Å². The SMILES string of the molecule is c1cc2c3c(c1)OCCCCCCOc1cccc(c1-c1sccc1-c1ccsc1-3)OCCCCCCO2. The van der Waals surface area contributed by atoms with Crippen LogP contribution in [-0.4, -0.2) is 26.4 Å². The number of ether oxygens (including phenoxy) is 4. The van der Waals surface area contributed by atoms with Crippen molar-refractivity contribution in [1.82, 2.24) is 0 Å². The average Bonchev–Trinajstić information content (AvgIpc) is 3.60. The number of thiophene rings is 2. The van der Waals surface area contributed by atoms with E-state index >= 15 is 0 Å². The summed E-state index contributed by atoms with van der Waals surface area (Å²) >= 11 is 3.49. The summed E-state index contributed by atoms with van der Waals surface area (Å²) in [5.74, 6) is 3.63. The average molecular weight is 547 g/mol. The first-order chi connectivity index (χ1) is 18.9. The van der Waals surface area contributed by atoms with Crippen molar-refractivity contribution in [2.24, 2.45) is 0 Å². The monoisotopic (exact) mass is 546 g/mol. The van der Waals surface area contributed by atoms with Crippen LogP contribution < -0.4 is 18.9 Å². The molecule has 0 spiro atoms. The lowest BCUT2D eigenvalue weighted by molar-refractivity contribution is 0.276. The Kier molecular flexibility index (Phi) is 8.17. The van der Waals surface area contributed by atoms with Crippen LogP contribution in [0.3, 0.4) is 0 Å². The molecule has 0 aliphatic carbocycles. The first-order valence-corrected chi connectivity index (χ1v) is 15.6. The Bertz CT molecular complexity index is 1200. The maximum Gasteiger partial charge on any atom is 0.131 e. The number of rotatable bonds is 0. The molecule has 2 aromatic heterocycles. The van der Waals surface area contributed by atoms with Gasteiger partial charge in [-0.2, -0.15) is 0 Å². The van der Waals surface area contributed by atoms with E-state index in [1.54, 1.807) is 22.7 Å². The Balaban J connectivity index is 1.57. The lowest BCUT2D eigenvalue weighted by atomic mass is 9.98. The third kappa shape index (κ3) is 5.43. The minimum absolute atomic E-state index is 0.700. The maximum atomic E-state index is 6.43. The van der Waals surface area contributed by atoms with Crippen molar-refractivity contribution in [2.45, 2.75) is 51.4 Å². The van der Waals surface area contributed by atoms with Crippen LogP contribution in [0.2, 0.25) is 0 Å². The highest BCUT2D eigenvalue weighted by atomic mass is 32.1. The van der Waals surface area contributed by atoms with E-state index in [0.29, 0.717) is 26.4 Å². The minimum atomic E-state index is 0.700. The van der Waals surface area contributed by atoms with Crippen molar-refractivity contribution < 1.29 is 18.9 Å². The Labute approximate surface area is 233 Å². The van der Waals surface area contributed by atoms with Crippen LogP contribution in [0, 0.1) is 0 Å². The predicted octanol–water partition coefficient (Wildman–Crippen LogP) is 9.47. The van der Waals surface area contributed by atoms with Gasteiger partial charge in [-0.15, -0.1) is 22.7 Å². The van der Waals surface area contributed by atoms with Gasteiger partial charge < -0.3 is 18.9 Å². The molecule has 0 radical (unpaired) electrons. The fourth-order valence-electron chi connectivity index (χ4n) is 5.22. The van der Waals surface area contributed by atoms with Crippen molar-refractivity contribution in [3.8, 4) is 55.0 Å². The first-order valence-electron chi connectivity index (χ1n) is 13.8. The van der Waals surface area contributed by atoms with E-state index in [9.17, 15) is 0 Å². The zero-order chi connectivity index (χ0) is 25.6. The topological polar surface area (TPSA) is 36.9 Å². The van der Waals surface area contributed by atoms with Gasteiger partial charge in [0.15, 0.2) is 0 Å². The summed E-state index contributed by atoms with van der Waals surface area (Å²) < 4.78 is 25.7. The molecule has 6 rings (SSSR count). The Morgan fingerprint density at radius 3 is 1.11 bits per heavy atom. The summed E-state index contributed by atoms with van der Waals surface area (Å²) in [6.07, 6.45) is 8.54. The standard InChI is InChI=1S/C32H34O4S2/c1-2-6-18-34-26-12-10-14-28-30(26)32-24(16-22-38-32)23-15-21-37-31(23)29-25(33-17-5-1)11-9-13-27(29)35-19-7-3-4-8-20-36-28/h9-16,21-22H,1-8,17-20H2. The summed E-state index contributed by atoms with van der Waals surface area (Å²) in [6, 6.07) is 16.9. The van der Waals surface area contributed by atoms with Crippen LogP contribution in [-0.2, 0) is 0 Å². The normalized spacial score (nSPS) is 16.5. The molecule has 0 saturated carbocycles. The number of hydrogen-bond acceptors (Lipinski definition) is 6. The van der Waals surface area contributed by atoms with Gasteiger partial charge >= 0.3 is 0 Å². The van der Waals surface area contributed by atoms with Crippen LogP contribution in [0.25, 0.3) is 32.0 Å². The Hall–Kier alpha value is -2.96. The van der Waals surface area contributed by atoms with E-state index in [4.69, 9.17) is 18.9 Å². The van der Waals surface area contributed by atoms with E-state index in [1.165, 1.54) is 20.9 Å².